The van der Waals surface area contributed by atoms with Crippen LogP contribution in [0.5, 0.6) is 0 Å². The number of rotatable bonds is 6. The zero-order valence-corrected chi connectivity index (χ0v) is 11.7. The van der Waals surface area contributed by atoms with E-state index in [9.17, 15) is 9.59 Å². The van der Waals surface area contributed by atoms with Crippen molar-refractivity contribution >= 4 is 11.8 Å². The summed E-state index contributed by atoms with van der Waals surface area (Å²) in [4.78, 5) is 27.2. The van der Waals surface area contributed by atoms with Gasteiger partial charge in [-0.25, -0.2) is 0 Å². The Balaban J connectivity index is 1.61. The molecular formula is C13H24N4O2. The van der Waals surface area contributed by atoms with Crippen molar-refractivity contribution in [2.45, 2.75) is 12.8 Å². The first-order chi connectivity index (χ1) is 9.19. The first-order valence-electron chi connectivity index (χ1n) is 7.10. The standard InChI is InChI=1S/C13H24N4O2/c1-14-12(18)10-16-4-6-17(7-5-16)13(19)9-15-8-11-2-3-11/h11,15H,2-10H2,1H3,(H,14,18). The van der Waals surface area contributed by atoms with Crippen LogP contribution in [0, 0.1) is 5.92 Å². The van der Waals surface area contributed by atoms with Gasteiger partial charge in [-0.3, -0.25) is 14.5 Å². The van der Waals surface area contributed by atoms with Gasteiger partial charge < -0.3 is 15.5 Å². The quantitative estimate of drug-likeness (QED) is 0.640. The molecule has 0 unspecified atom stereocenters. The molecule has 0 spiro atoms. The van der Waals surface area contributed by atoms with E-state index in [0.29, 0.717) is 13.1 Å². The third kappa shape index (κ3) is 4.80. The number of amides is 2. The minimum absolute atomic E-state index is 0.0332. The zero-order chi connectivity index (χ0) is 13.7. The van der Waals surface area contributed by atoms with Crippen LogP contribution < -0.4 is 10.6 Å². The second kappa shape index (κ2) is 6.86. The van der Waals surface area contributed by atoms with Gasteiger partial charge in [0, 0.05) is 33.2 Å². The summed E-state index contributed by atoms with van der Waals surface area (Å²) in [5, 5.41) is 5.85. The molecule has 6 heteroatoms. The maximum absolute atomic E-state index is 12.0. The molecule has 108 valence electrons. The van der Waals surface area contributed by atoms with Crippen molar-refractivity contribution in [1.82, 2.24) is 20.4 Å². The van der Waals surface area contributed by atoms with Gasteiger partial charge in [0.1, 0.15) is 0 Å². The lowest BCUT2D eigenvalue weighted by Crippen LogP contribution is -2.52. The van der Waals surface area contributed by atoms with Crippen LogP contribution in [0.2, 0.25) is 0 Å². The van der Waals surface area contributed by atoms with Crippen molar-refractivity contribution in [1.29, 1.82) is 0 Å². The Labute approximate surface area is 114 Å². The van der Waals surface area contributed by atoms with Gasteiger partial charge in [-0.1, -0.05) is 0 Å². The molecule has 2 N–H and O–H groups in total. The summed E-state index contributed by atoms with van der Waals surface area (Å²) in [6.45, 7) is 4.86. The normalized spacial score (nSPS) is 20.4. The number of nitrogens with one attached hydrogen (secondary N) is 2. The fourth-order valence-corrected chi connectivity index (χ4v) is 2.25. The van der Waals surface area contributed by atoms with Crippen molar-refractivity contribution in [2.75, 3.05) is 52.9 Å². The van der Waals surface area contributed by atoms with Gasteiger partial charge in [-0.15, -0.1) is 0 Å². The fraction of sp³-hybridized carbons (Fsp3) is 0.846. The summed E-state index contributed by atoms with van der Waals surface area (Å²) in [6.07, 6.45) is 2.61. The Kier molecular flexibility index (Phi) is 5.15. The average Bonchev–Trinajstić information content (AvgIpc) is 3.23. The number of carbonyl (C=O) groups excluding carboxylic acids is 2. The summed E-state index contributed by atoms with van der Waals surface area (Å²) < 4.78 is 0. The van der Waals surface area contributed by atoms with Crippen LogP contribution in [0.15, 0.2) is 0 Å². The maximum atomic E-state index is 12.0. The van der Waals surface area contributed by atoms with E-state index in [1.165, 1.54) is 12.8 Å². The molecular weight excluding hydrogens is 244 g/mol. The number of nitrogens with zero attached hydrogens (tertiary/aromatic N) is 2. The third-order valence-corrected chi connectivity index (χ3v) is 3.78. The van der Waals surface area contributed by atoms with Gasteiger partial charge in [0.05, 0.1) is 13.1 Å². The topological polar surface area (TPSA) is 64.7 Å². The molecule has 0 bridgehead atoms. The highest BCUT2D eigenvalue weighted by atomic mass is 16.2. The zero-order valence-electron chi connectivity index (χ0n) is 11.7. The van der Waals surface area contributed by atoms with E-state index < -0.39 is 0 Å². The molecule has 0 atom stereocenters. The molecule has 0 radical (unpaired) electrons. The van der Waals surface area contributed by atoms with Crippen molar-refractivity contribution in [3.05, 3.63) is 0 Å². The van der Waals surface area contributed by atoms with Gasteiger partial charge in [0.2, 0.25) is 11.8 Å². The van der Waals surface area contributed by atoms with E-state index in [2.05, 4.69) is 15.5 Å². The molecule has 1 saturated carbocycles. The molecule has 2 rings (SSSR count). The Morgan fingerprint density at radius 3 is 2.42 bits per heavy atom. The summed E-state index contributed by atoms with van der Waals surface area (Å²) in [6, 6.07) is 0. The molecule has 6 nitrogen and oxygen atoms in total. The van der Waals surface area contributed by atoms with Crippen LogP contribution >= 0.6 is 0 Å². The van der Waals surface area contributed by atoms with Gasteiger partial charge >= 0.3 is 0 Å². The van der Waals surface area contributed by atoms with Crippen LogP contribution in [-0.4, -0.2) is 74.5 Å². The summed E-state index contributed by atoms with van der Waals surface area (Å²) in [5.74, 6) is 1.02. The lowest BCUT2D eigenvalue weighted by atomic mass is 10.3. The lowest BCUT2D eigenvalue weighted by Gasteiger charge is -2.34. The van der Waals surface area contributed by atoms with Crippen LogP contribution in [0.1, 0.15) is 12.8 Å². The largest absolute Gasteiger partial charge is 0.358 e. The molecule has 2 amide bonds. The minimum atomic E-state index is 0.0332. The van der Waals surface area contributed by atoms with Crippen LogP contribution in [0.3, 0.4) is 0 Å². The van der Waals surface area contributed by atoms with E-state index in [1.54, 1.807) is 7.05 Å². The van der Waals surface area contributed by atoms with E-state index in [1.807, 2.05) is 4.90 Å². The van der Waals surface area contributed by atoms with Gasteiger partial charge in [0.25, 0.3) is 0 Å². The first-order valence-corrected chi connectivity index (χ1v) is 7.10. The maximum Gasteiger partial charge on any atom is 0.236 e. The number of piperazine rings is 1. The summed E-state index contributed by atoms with van der Waals surface area (Å²) >= 11 is 0. The number of carbonyl (C=O) groups is 2. The van der Waals surface area contributed by atoms with Crippen LogP contribution in [0.25, 0.3) is 0 Å². The van der Waals surface area contributed by atoms with Crippen LogP contribution in [-0.2, 0) is 9.59 Å². The minimum Gasteiger partial charge on any atom is -0.358 e. The number of hydrogen-bond acceptors (Lipinski definition) is 4. The number of likely N-dealkylation sites (N-methyl/N-ethyl adjacent to an activating group) is 1. The van der Waals surface area contributed by atoms with E-state index in [0.717, 1.165) is 38.6 Å². The average molecular weight is 268 g/mol. The van der Waals surface area contributed by atoms with Crippen molar-refractivity contribution < 1.29 is 9.59 Å². The smallest absolute Gasteiger partial charge is 0.236 e. The van der Waals surface area contributed by atoms with Crippen molar-refractivity contribution in [3.63, 3.8) is 0 Å². The van der Waals surface area contributed by atoms with Gasteiger partial charge in [-0.05, 0) is 25.3 Å². The van der Waals surface area contributed by atoms with E-state index in [-0.39, 0.29) is 11.8 Å². The van der Waals surface area contributed by atoms with Crippen molar-refractivity contribution in [3.8, 4) is 0 Å². The molecule has 1 aliphatic heterocycles. The highest BCUT2D eigenvalue weighted by Crippen LogP contribution is 2.27. The highest BCUT2D eigenvalue weighted by Gasteiger charge is 2.23. The molecule has 2 fully saturated rings. The predicted octanol–water partition coefficient (Wildman–Crippen LogP) is -1.12. The van der Waals surface area contributed by atoms with Crippen molar-refractivity contribution in [2.24, 2.45) is 5.92 Å². The molecule has 1 heterocycles. The summed E-state index contributed by atoms with van der Waals surface area (Å²) in [7, 11) is 1.65. The Bertz CT molecular complexity index is 323. The van der Waals surface area contributed by atoms with Gasteiger partial charge in [-0.2, -0.15) is 0 Å². The Morgan fingerprint density at radius 1 is 1.16 bits per heavy atom. The molecule has 2 aliphatic rings. The molecule has 1 saturated heterocycles. The second-order valence-electron chi connectivity index (χ2n) is 5.40. The fourth-order valence-electron chi connectivity index (χ4n) is 2.25. The van der Waals surface area contributed by atoms with E-state index in [4.69, 9.17) is 0 Å². The molecule has 0 aromatic carbocycles. The predicted molar refractivity (Wildman–Crippen MR) is 72.7 cm³/mol. The summed E-state index contributed by atoms with van der Waals surface area (Å²) in [5.41, 5.74) is 0. The second-order valence-corrected chi connectivity index (χ2v) is 5.40. The van der Waals surface area contributed by atoms with E-state index >= 15 is 0 Å². The Morgan fingerprint density at radius 2 is 1.84 bits per heavy atom. The SMILES string of the molecule is CNC(=O)CN1CCN(C(=O)CNCC2CC2)CC1. The lowest BCUT2D eigenvalue weighted by molar-refractivity contribution is -0.132. The molecule has 0 aromatic heterocycles. The highest BCUT2D eigenvalue weighted by molar-refractivity contribution is 5.79. The third-order valence-electron chi connectivity index (χ3n) is 3.78. The molecule has 1 aliphatic carbocycles. The van der Waals surface area contributed by atoms with Gasteiger partial charge in [0.15, 0.2) is 0 Å². The molecule has 0 aromatic rings. The van der Waals surface area contributed by atoms with Crippen LogP contribution in [0.4, 0.5) is 0 Å². The Hall–Kier alpha value is -1.14. The first kappa shape index (κ1) is 14.3. The monoisotopic (exact) mass is 268 g/mol. The number of hydrogen-bond donors (Lipinski definition) is 2. The molecule has 19 heavy (non-hydrogen) atoms.